The Labute approximate surface area is 257 Å². The molecule has 2 bridgehead atoms. The summed E-state index contributed by atoms with van der Waals surface area (Å²) in [6, 6.07) is 6.26. The molecule has 3 aliphatic heterocycles. The molecule has 3 unspecified atom stereocenters. The second-order valence-electron chi connectivity index (χ2n) is 11.2. The Morgan fingerprint density at radius 3 is 2.55 bits per heavy atom. The van der Waals surface area contributed by atoms with E-state index in [0.717, 1.165) is 25.7 Å². The molecule has 0 aromatic heterocycles. The minimum Gasteiger partial charge on any atom is -0.497 e. The average Bonchev–Trinajstić information content (AvgIpc) is 3.58. The fourth-order valence-corrected chi connectivity index (χ4v) is 7.63. The zero-order valence-corrected chi connectivity index (χ0v) is 26.0. The van der Waals surface area contributed by atoms with Crippen molar-refractivity contribution in [2.75, 3.05) is 38.3 Å². The molecule has 1 spiro atoms. The van der Waals surface area contributed by atoms with Crippen LogP contribution >= 0.6 is 15.9 Å². The van der Waals surface area contributed by atoms with Crippen LogP contribution in [-0.4, -0.2) is 83.8 Å². The highest BCUT2D eigenvalue weighted by Gasteiger charge is 2.77. The van der Waals surface area contributed by atoms with Crippen LogP contribution in [0.4, 0.5) is 5.69 Å². The number of nitrogens with zero attached hydrogens (tertiary/aromatic N) is 2. The molecule has 10 heteroatoms. The summed E-state index contributed by atoms with van der Waals surface area (Å²) in [5.74, 6) is -1.89. The summed E-state index contributed by atoms with van der Waals surface area (Å²) in [5, 5.41) is 9.18. The van der Waals surface area contributed by atoms with Crippen LogP contribution in [-0.2, 0) is 23.9 Å². The molecule has 3 heterocycles. The number of aliphatic hydroxyl groups is 1. The zero-order chi connectivity index (χ0) is 30.3. The summed E-state index contributed by atoms with van der Waals surface area (Å²) < 4.78 is 17.6. The van der Waals surface area contributed by atoms with Crippen LogP contribution in [0, 0.1) is 11.8 Å². The zero-order valence-electron chi connectivity index (χ0n) is 24.4. The van der Waals surface area contributed by atoms with Gasteiger partial charge >= 0.3 is 5.97 Å². The number of alkyl halides is 1. The van der Waals surface area contributed by atoms with E-state index in [4.69, 9.17) is 14.2 Å². The number of aliphatic hydroxyl groups excluding tert-OH is 1. The summed E-state index contributed by atoms with van der Waals surface area (Å²) >= 11 is 3.71. The van der Waals surface area contributed by atoms with E-state index in [2.05, 4.69) is 29.1 Å². The van der Waals surface area contributed by atoms with Crippen molar-refractivity contribution < 1.29 is 33.7 Å². The molecule has 4 rings (SSSR count). The number of fused-ring (bicyclic) bond motifs is 1. The van der Waals surface area contributed by atoms with Crippen molar-refractivity contribution >= 4 is 39.4 Å². The molecule has 0 saturated carbocycles. The fraction of sp³-hybridized carbons (Fsp3) is 0.594. The van der Waals surface area contributed by atoms with E-state index in [9.17, 15) is 19.5 Å². The van der Waals surface area contributed by atoms with Gasteiger partial charge in [0.05, 0.1) is 31.7 Å². The number of hydrogen-bond acceptors (Lipinski definition) is 7. The van der Waals surface area contributed by atoms with Gasteiger partial charge in [0.2, 0.25) is 5.91 Å². The van der Waals surface area contributed by atoms with Gasteiger partial charge in [0.1, 0.15) is 17.4 Å². The van der Waals surface area contributed by atoms with Crippen LogP contribution in [0.5, 0.6) is 5.75 Å². The summed E-state index contributed by atoms with van der Waals surface area (Å²) in [6.45, 7) is 8.56. The van der Waals surface area contributed by atoms with Gasteiger partial charge in [-0.15, -0.1) is 13.2 Å². The van der Waals surface area contributed by atoms with Crippen molar-refractivity contribution in [2.45, 2.75) is 73.9 Å². The second kappa shape index (κ2) is 14.7. The molecule has 1 N–H and O–H groups in total. The minimum absolute atomic E-state index is 0.118. The number of benzene rings is 1. The highest BCUT2D eigenvalue weighted by atomic mass is 79.9. The van der Waals surface area contributed by atoms with Crippen molar-refractivity contribution in [1.82, 2.24) is 4.90 Å². The lowest BCUT2D eigenvalue weighted by molar-refractivity contribution is -0.155. The molecule has 6 atom stereocenters. The lowest BCUT2D eigenvalue weighted by atomic mass is 9.70. The summed E-state index contributed by atoms with van der Waals surface area (Å²) in [7, 11) is 1.58. The number of amides is 2. The number of methoxy groups -OCH3 is 1. The number of carbonyl (C=O) groups is 3. The van der Waals surface area contributed by atoms with Gasteiger partial charge in [-0.1, -0.05) is 40.9 Å². The van der Waals surface area contributed by atoms with Crippen molar-refractivity contribution in [3.05, 3.63) is 49.6 Å². The van der Waals surface area contributed by atoms with Crippen molar-refractivity contribution in [1.29, 1.82) is 0 Å². The van der Waals surface area contributed by atoms with Crippen LogP contribution in [0.3, 0.4) is 0 Å². The maximum Gasteiger partial charge on any atom is 0.312 e. The Bertz CT molecular complexity index is 1130. The van der Waals surface area contributed by atoms with Gasteiger partial charge in [-0.05, 0) is 62.8 Å². The topological polar surface area (TPSA) is 106 Å². The highest BCUT2D eigenvalue weighted by Crippen LogP contribution is 2.60. The third-order valence-corrected chi connectivity index (χ3v) is 9.46. The van der Waals surface area contributed by atoms with Crippen LogP contribution < -0.4 is 9.64 Å². The van der Waals surface area contributed by atoms with Crippen molar-refractivity contribution in [2.24, 2.45) is 11.8 Å². The number of ether oxygens (including phenoxy) is 3. The first-order chi connectivity index (χ1) is 20.3. The molecule has 2 amide bonds. The summed E-state index contributed by atoms with van der Waals surface area (Å²) in [4.78, 5) is 45.3. The molecule has 3 fully saturated rings. The molecule has 9 nitrogen and oxygen atoms in total. The lowest BCUT2D eigenvalue weighted by Crippen LogP contribution is -2.57. The van der Waals surface area contributed by atoms with Crippen LogP contribution in [0.2, 0.25) is 0 Å². The molecule has 42 heavy (non-hydrogen) atoms. The van der Waals surface area contributed by atoms with Crippen molar-refractivity contribution in [3.8, 4) is 5.75 Å². The van der Waals surface area contributed by atoms with E-state index in [1.54, 1.807) is 47.3 Å². The Kier molecular flexibility index (Phi) is 11.3. The third-order valence-electron chi connectivity index (χ3n) is 8.61. The number of esters is 1. The molecule has 3 aliphatic rings. The molecule has 0 radical (unpaired) electrons. The maximum absolute atomic E-state index is 14.6. The highest BCUT2D eigenvalue weighted by molar-refractivity contribution is 9.09. The number of carbonyl (C=O) groups excluding carboxylic acids is 3. The predicted molar refractivity (Wildman–Crippen MR) is 164 cm³/mol. The average molecular weight is 648 g/mol. The molecule has 1 aromatic rings. The van der Waals surface area contributed by atoms with Crippen molar-refractivity contribution in [3.63, 3.8) is 0 Å². The Balaban J connectivity index is 1.65. The van der Waals surface area contributed by atoms with Gasteiger partial charge in [0, 0.05) is 30.2 Å². The first kappa shape index (κ1) is 32.2. The van der Waals surface area contributed by atoms with Crippen LogP contribution in [0.1, 0.15) is 51.4 Å². The first-order valence-electron chi connectivity index (χ1n) is 14.9. The van der Waals surface area contributed by atoms with E-state index in [1.165, 1.54) is 0 Å². The SMILES string of the molecule is C=CCCCCOC(=O)[C@H]1[C@@H]2OC3(CC2Br)C(C(=O)N(CC=C)c2ccc(OC)cc2)N(CCCCCCO)C(=O)[C@H]13. The van der Waals surface area contributed by atoms with E-state index < -0.39 is 35.6 Å². The Morgan fingerprint density at radius 2 is 1.88 bits per heavy atom. The minimum atomic E-state index is -1.16. The van der Waals surface area contributed by atoms with Crippen LogP contribution in [0.25, 0.3) is 0 Å². The van der Waals surface area contributed by atoms with Gasteiger partial charge in [0.25, 0.3) is 5.91 Å². The third kappa shape index (κ3) is 6.31. The molecule has 0 aliphatic carbocycles. The smallest absolute Gasteiger partial charge is 0.312 e. The van der Waals surface area contributed by atoms with Crippen LogP contribution in [0.15, 0.2) is 49.6 Å². The molecular formula is C32H43BrN2O7. The number of anilines is 1. The first-order valence-corrected chi connectivity index (χ1v) is 15.8. The fourth-order valence-electron chi connectivity index (χ4n) is 6.69. The lowest BCUT2D eigenvalue weighted by Gasteiger charge is -2.37. The largest absolute Gasteiger partial charge is 0.497 e. The number of halogens is 1. The van der Waals surface area contributed by atoms with Gasteiger partial charge in [-0.25, -0.2) is 0 Å². The Hall–Kier alpha value is -2.69. The normalized spacial score (nSPS) is 27.5. The second-order valence-corrected chi connectivity index (χ2v) is 12.4. The predicted octanol–water partition coefficient (Wildman–Crippen LogP) is 4.41. The monoisotopic (exact) mass is 646 g/mol. The molecule has 230 valence electrons. The summed E-state index contributed by atoms with van der Waals surface area (Å²) in [5.41, 5.74) is -0.509. The number of unbranched alkanes of at least 4 members (excludes halogenated alkanes) is 5. The van der Waals surface area contributed by atoms with Gasteiger partial charge in [-0.3, -0.25) is 14.4 Å². The number of rotatable bonds is 17. The number of likely N-dealkylation sites (tertiary alicyclic amines) is 1. The number of allylic oxidation sites excluding steroid dienone is 1. The number of hydrogen-bond donors (Lipinski definition) is 1. The van der Waals surface area contributed by atoms with E-state index in [-0.39, 0.29) is 36.4 Å². The quantitative estimate of drug-likeness (QED) is 0.116. The molecular weight excluding hydrogens is 604 g/mol. The van der Waals surface area contributed by atoms with Gasteiger partial charge < -0.3 is 29.1 Å². The van der Waals surface area contributed by atoms with E-state index >= 15 is 0 Å². The molecule has 3 saturated heterocycles. The van der Waals surface area contributed by atoms with Gasteiger partial charge in [-0.2, -0.15) is 0 Å². The standard InChI is InChI=1S/C32H43BrN2O7/c1-4-6-7-12-20-41-31(39)25-26-29(37)35(18-10-8-9-11-19-36)28(32(26)21-24(33)27(25)42-32)30(38)34(17-5-2)22-13-15-23(40-3)16-14-22/h4-5,13-16,24-28,36H,1-2,6-12,17-21H2,3H3/t24?,25-,26+,27-,28?,32?/m1/s1. The van der Waals surface area contributed by atoms with E-state index in [1.807, 2.05) is 6.08 Å². The molecule has 1 aromatic carbocycles. The summed E-state index contributed by atoms with van der Waals surface area (Å²) in [6.07, 6.45) is 8.74. The maximum atomic E-state index is 14.6. The van der Waals surface area contributed by atoms with E-state index in [0.29, 0.717) is 43.7 Å². The Morgan fingerprint density at radius 1 is 1.14 bits per heavy atom. The van der Waals surface area contributed by atoms with Gasteiger partial charge in [0.15, 0.2) is 0 Å².